The molecule has 0 unspecified atom stereocenters. The molecule has 184 valence electrons. The first kappa shape index (κ1) is 24.5. The Morgan fingerprint density at radius 3 is 2.50 bits per heavy atom. The number of benzene rings is 2. The summed E-state index contributed by atoms with van der Waals surface area (Å²) in [7, 11) is 2.99. The van der Waals surface area contributed by atoms with Gasteiger partial charge in [-0.25, -0.2) is 0 Å². The Morgan fingerprint density at radius 2 is 1.86 bits per heavy atom. The van der Waals surface area contributed by atoms with Crippen molar-refractivity contribution in [2.75, 3.05) is 20.8 Å². The van der Waals surface area contributed by atoms with Gasteiger partial charge in [-0.3, -0.25) is 14.6 Å². The molecule has 2 aromatic carbocycles. The van der Waals surface area contributed by atoms with Crippen LogP contribution in [0.1, 0.15) is 22.7 Å². The smallest absolute Gasteiger partial charge is 0.295 e. The summed E-state index contributed by atoms with van der Waals surface area (Å²) in [5.74, 6) is -0.450. The van der Waals surface area contributed by atoms with Crippen LogP contribution in [0.2, 0.25) is 0 Å². The molecule has 1 aromatic heterocycles. The van der Waals surface area contributed by atoms with Gasteiger partial charge in [0.05, 0.1) is 25.8 Å². The predicted molar refractivity (Wildman–Crippen MR) is 134 cm³/mol. The normalized spacial score (nSPS) is 16.6. The van der Waals surface area contributed by atoms with Crippen LogP contribution in [0.15, 0.2) is 85.2 Å². The van der Waals surface area contributed by atoms with E-state index in [-0.39, 0.29) is 17.9 Å². The van der Waals surface area contributed by atoms with Gasteiger partial charge in [-0.2, -0.15) is 0 Å². The van der Waals surface area contributed by atoms with Crippen molar-refractivity contribution >= 4 is 17.4 Å². The first-order valence-corrected chi connectivity index (χ1v) is 11.2. The van der Waals surface area contributed by atoms with Crippen LogP contribution < -0.4 is 14.2 Å². The van der Waals surface area contributed by atoms with Gasteiger partial charge in [-0.05, 0) is 42.0 Å². The number of aromatic nitrogens is 1. The van der Waals surface area contributed by atoms with Crippen LogP contribution in [-0.4, -0.2) is 47.5 Å². The van der Waals surface area contributed by atoms with Crippen LogP contribution in [-0.2, 0) is 16.1 Å². The molecule has 0 spiro atoms. The molecule has 1 saturated heterocycles. The van der Waals surface area contributed by atoms with E-state index < -0.39 is 17.7 Å². The van der Waals surface area contributed by atoms with E-state index in [4.69, 9.17) is 14.2 Å². The number of Topliss-reactive ketones (excluding diaryl/α,β-unsaturated/α-hetero) is 1. The molecule has 1 N–H and O–H groups in total. The van der Waals surface area contributed by atoms with Crippen molar-refractivity contribution in [1.82, 2.24) is 9.88 Å². The number of aliphatic hydroxyl groups excluding tert-OH is 1. The lowest BCUT2D eigenvalue weighted by Crippen LogP contribution is -2.29. The van der Waals surface area contributed by atoms with Gasteiger partial charge < -0.3 is 24.2 Å². The summed E-state index contributed by atoms with van der Waals surface area (Å²) in [6.07, 6.45) is 4.88. The van der Waals surface area contributed by atoms with E-state index in [9.17, 15) is 14.7 Å². The minimum Gasteiger partial charge on any atom is -0.507 e. The molecule has 1 amide bonds. The highest BCUT2D eigenvalue weighted by Gasteiger charge is 2.47. The lowest BCUT2D eigenvalue weighted by Gasteiger charge is -2.27. The van der Waals surface area contributed by atoms with Crippen molar-refractivity contribution in [2.24, 2.45) is 0 Å². The van der Waals surface area contributed by atoms with Crippen molar-refractivity contribution in [3.05, 3.63) is 102 Å². The van der Waals surface area contributed by atoms with Crippen LogP contribution in [0.5, 0.6) is 17.2 Å². The molecule has 0 aliphatic carbocycles. The van der Waals surface area contributed by atoms with Gasteiger partial charge in [0.1, 0.15) is 18.1 Å². The molecule has 1 atom stereocenters. The van der Waals surface area contributed by atoms with Crippen LogP contribution in [0, 0.1) is 0 Å². The standard InChI is InChI=1S/C28H26N2O6/c1-4-15-36-20-12-10-19(11-13-20)25(31)23-24(21-8-5-9-22(34-2)27(21)35-3)30(28(33)26(23)32)17-18-7-6-14-29-16-18/h4-14,16,24,31H,1,15,17H2,2-3H3/t24-/m0/s1. The molecule has 0 bridgehead atoms. The number of ketones is 1. The minimum atomic E-state index is -0.924. The largest absolute Gasteiger partial charge is 0.507 e. The minimum absolute atomic E-state index is 0.0461. The van der Waals surface area contributed by atoms with E-state index in [1.165, 1.54) is 19.1 Å². The van der Waals surface area contributed by atoms with Gasteiger partial charge in [0.15, 0.2) is 11.5 Å². The van der Waals surface area contributed by atoms with Gasteiger partial charge in [-0.1, -0.05) is 30.9 Å². The maximum Gasteiger partial charge on any atom is 0.295 e. The second-order valence-electron chi connectivity index (χ2n) is 8.00. The van der Waals surface area contributed by atoms with Gasteiger partial charge in [0.25, 0.3) is 11.7 Å². The number of aliphatic hydroxyl groups is 1. The molecule has 0 radical (unpaired) electrons. The maximum atomic E-state index is 13.3. The number of hydrogen-bond acceptors (Lipinski definition) is 7. The first-order valence-electron chi connectivity index (χ1n) is 11.2. The molecule has 8 nitrogen and oxygen atoms in total. The maximum absolute atomic E-state index is 13.3. The molecule has 3 aromatic rings. The van der Waals surface area contributed by atoms with E-state index in [1.807, 2.05) is 6.07 Å². The molecule has 0 saturated carbocycles. The highest BCUT2D eigenvalue weighted by Crippen LogP contribution is 2.46. The summed E-state index contributed by atoms with van der Waals surface area (Å²) < 4.78 is 16.6. The molecule has 36 heavy (non-hydrogen) atoms. The Labute approximate surface area is 209 Å². The third kappa shape index (κ3) is 4.65. The van der Waals surface area contributed by atoms with Gasteiger partial charge >= 0.3 is 0 Å². The Bertz CT molecular complexity index is 1300. The lowest BCUT2D eigenvalue weighted by molar-refractivity contribution is -0.140. The zero-order valence-corrected chi connectivity index (χ0v) is 20.0. The SMILES string of the molecule is C=CCOc1ccc(C(O)=C2C(=O)C(=O)N(Cc3cccnc3)[C@H]2c2cccc(OC)c2OC)cc1. The number of likely N-dealkylation sites (tertiary alicyclic amines) is 1. The predicted octanol–water partition coefficient (Wildman–Crippen LogP) is 4.29. The van der Waals surface area contributed by atoms with Crippen LogP contribution in [0.25, 0.3) is 5.76 Å². The third-order valence-electron chi connectivity index (χ3n) is 5.84. The number of pyridine rings is 1. The Hall–Kier alpha value is -4.59. The van der Waals surface area contributed by atoms with Crippen molar-refractivity contribution in [3.63, 3.8) is 0 Å². The summed E-state index contributed by atoms with van der Waals surface area (Å²) in [5.41, 5.74) is 1.56. The van der Waals surface area contributed by atoms with Crippen molar-refractivity contribution in [2.45, 2.75) is 12.6 Å². The molecule has 2 heterocycles. The molecular weight excluding hydrogens is 460 g/mol. The van der Waals surface area contributed by atoms with E-state index >= 15 is 0 Å². The Kier molecular flexibility index (Phi) is 7.34. The quantitative estimate of drug-likeness (QED) is 0.209. The molecule has 1 aliphatic heterocycles. The lowest BCUT2D eigenvalue weighted by atomic mass is 9.94. The number of para-hydroxylation sites is 1. The monoisotopic (exact) mass is 486 g/mol. The summed E-state index contributed by atoms with van der Waals surface area (Å²) in [4.78, 5) is 32.1. The van der Waals surface area contributed by atoms with Gasteiger partial charge in [-0.15, -0.1) is 0 Å². The highest BCUT2D eigenvalue weighted by molar-refractivity contribution is 6.46. The fraction of sp³-hybridized carbons (Fsp3) is 0.179. The number of methoxy groups -OCH3 is 2. The second-order valence-corrected chi connectivity index (χ2v) is 8.00. The summed E-state index contributed by atoms with van der Waals surface area (Å²) >= 11 is 0. The molecule has 8 heteroatoms. The number of carbonyl (C=O) groups excluding carboxylic acids is 2. The fourth-order valence-corrected chi connectivity index (χ4v) is 4.20. The number of amides is 1. The van der Waals surface area contributed by atoms with E-state index in [0.29, 0.717) is 35.0 Å². The van der Waals surface area contributed by atoms with Crippen LogP contribution in [0.4, 0.5) is 0 Å². The fourth-order valence-electron chi connectivity index (χ4n) is 4.20. The summed E-state index contributed by atoms with van der Waals surface area (Å²) in [6, 6.07) is 14.4. The zero-order chi connectivity index (χ0) is 25.7. The third-order valence-corrected chi connectivity index (χ3v) is 5.84. The first-order chi connectivity index (χ1) is 17.5. The van der Waals surface area contributed by atoms with Gasteiger partial charge in [0, 0.05) is 30.1 Å². The Balaban J connectivity index is 1.87. The average molecular weight is 487 g/mol. The summed E-state index contributed by atoms with van der Waals surface area (Å²) in [6.45, 7) is 4.06. The molecule has 1 fully saturated rings. The number of ether oxygens (including phenoxy) is 3. The number of carbonyl (C=O) groups is 2. The topological polar surface area (TPSA) is 98.2 Å². The van der Waals surface area contributed by atoms with Crippen LogP contribution in [0.3, 0.4) is 0 Å². The summed E-state index contributed by atoms with van der Waals surface area (Å²) in [5, 5.41) is 11.3. The second kappa shape index (κ2) is 10.8. The van der Waals surface area contributed by atoms with Gasteiger partial charge in [0.2, 0.25) is 0 Å². The molecule has 4 rings (SSSR count). The van der Waals surface area contributed by atoms with E-state index in [0.717, 1.165) is 5.56 Å². The van der Waals surface area contributed by atoms with Crippen molar-refractivity contribution in [3.8, 4) is 17.2 Å². The number of hydrogen-bond donors (Lipinski definition) is 1. The number of nitrogens with zero attached hydrogens (tertiary/aromatic N) is 2. The average Bonchev–Trinajstić information content (AvgIpc) is 3.16. The highest BCUT2D eigenvalue weighted by atomic mass is 16.5. The van der Waals surface area contributed by atoms with E-state index in [1.54, 1.807) is 67.0 Å². The molecule has 1 aliphatic rings. The Morgan fingerprint density at radius 1 is 1.08 bits per heavy atom. The zero-order valence-electron chi connectivity index (χ0n) is 20.0. The van der Waals surface area contributed by atoms with Crippen LogP contribution >= 0.6 is 0 Å². The molecular formula is C28H26N2O6. The van der Waals surface area contributed by atoms with E-state index in [2.05, 4.69) is 11.6 Å². The van der Waals surface area contributed by atoms with Crippen molar-refractivity contribution in [1.29, 1.82) is 0 Å². The van der Waals surface area contributed by atoms with Crippen molar-refractivity contribution < 1.29 is 28.9 Å². The number of rotatable bonds is 9.